The SMILES string of the molecule is C[C@H]1CCCN(c2ccc([C@H](C)NC3CCCC3)cc2F)C1. The summed E-state index contributed by atoms with van der Waals surface area (Å²) >= 11 is 0. The second-order valence-corrected chi connectivity index (χ2v) is 7.27. The average molecular weight is 304 g/mol. The van der Waals surface area contributed by atoms with E-state index in [0.29, 0.717) is 12.0 Å². The van der Waals surface area contributed by atoms with Gasteiger partial charge < -0.3 is 10.2 Å². The van der Waals surface area contributed by atoms with Gasteiger partial charge in [-0.3, -0.25) is 0 Å². The van der Waals surface area contributed by atoms with Gasteiger partial charge in [0, 0.05) is 25.2 Å². The van der Waals surface area contributed by atoms with Crippen LogP contribution in [0.15, 0.2) is 18.2 Å². The van der Waals surface area contributed by atoms with Crippen molar-refractivity contribution in [3.63, 3.8) is 0 Å². The number of nitrogens with zero attached hydrogens (tertiary/aromatic N) is 1. The predicted molar refractivity (Wildman–Crippen MR) is 90.8 cm³/mol. The minimum absolute atomic E-state index is 0.0633. The third kappa shape index (κ3) is 3.62. The van der Waals surface area contributed by atoms with Gasteiger partial charge in [0.15, 0.2) is 0 Å². The van der Waals surface area contributed by atoms with Crippen LogP contribution in [0.3, 0.4) is 0 Å². The summed E-state index contributed by atoms with van der Waals surface area (Å²) in [6.45, 7) is 6.37. The molecule has 1 aromatic carbocycles. The largest absolute Gasteiger partial charge is 0.369 e. The van der Waals surface area contributed by atoms with Gasteiger partial charge in [-0.05, 0) is 56.2 Å². The molecule has 1 aromatic rings. The lowest BCUT2D eigenvalue weighted by atomic mass is 9.99. The second kappa shape index (κ2) is 6.99. The number of hydrogen-bond donors (Lipinski definition) is 1. The summed E-state index contributed by atoms with van der Waals surface area (Å²) in [7, 11) is 0. The fourth-order valence-corrected chi connectivity index (χ4v) is 4.00. The Kier molecular flexibility index (Phi) is 5.02. The van der Waals surface area contributed by atoms with Crippen LogP contribution in [0.1, 0.15) is 64.0 Å². The molecule has 2 atom stereocenters. The zero-order valence-corrected chi connectivity index (χ0v) is 13.9. The molecular weight excluding hydrogens is 275 g/mol. The minimum Gasteiger partial charge on any atom is -0.369 e. The van der Waals surface area contributed by atoms with Crippen molar-refractivity contribution < 1.29 is 4.39 Å². The molecule has 0 amide bonds. The van der Waals surface area contributed by atoms with Crippen molar-refractivity contribution in [2.75, 3.05) is 18.0 Å². The van der Waals surface area contributed by atoms with Crippen LogP contribution in [0.2, 0.25) is 0 Å². The molecule has 0 radical (unpaired) electrons. The van der Waals surface area contributed by atoms with Gasteiger partial charge in [0.2, 0.25) is 0 Å². The quantitative estimate of drug-likeness (QED) is 0.870. The second-order valence-electron chi connectivity index (χ2n) is 7.27. The summed E-state index contributed by atoms with van der Waals surface area (Å²) in [5.41, 5.74) is 1.85. The van der Waals surface area contributed by atoms with Gasteiger partial charge in [-0.2, -0.15) is 0 Å². The lowest BCUT2D eigenvalue weighted by molar-refractivity contribution is 0.441. The van der Waals surface area contributed by atoms with Crippen molar-refractivity contribution in [3.05, 3.63) is 29.6 Å². The Labute approximate surface area is 134 Å². The highest BCUT2D eigenvalue weighted by Crippen LogP contribution is 2.28. The van der Waals surface area contributed by atoms with E-state index < -0.39 is 0 Å². The van der Waals surface area contributed by atoms with Gasteiger partial charge >= 0.3 is 0 Å². The Morgan fingerprint density at radius 3 is 2.64 bits per heavy atom. The molecule has 1 aliphatic carbocycles. The topological polar surface area (TPSA) is 15.3 Å². The third-order valence-electron chi connectivity index (χ3n) is 5.31. The maximum atomic E-state index is 14.6. The summed E-state index contributed by atoms with van der Waals surface area (Å²) in [6, 6.07) is 6.66. The van der Waals surface area contributed by atoms with Crippen LogP contribution in [0, 0.1) is 11.7 Å². The summed E-state index contributed by atoms with van der Waals surface area (Å²) in [5, 5.41) is 3.65. The predicted octanol–water partition coefficient (Wildman–Crippen LogP) is 4.66. The molecule has 0 spiro atoms. The molecule has 2 fully saturated rings. The van der Waals surface area contributed by atoms with Crippen LogP contribution in [-0.2, 0) is 0 Å². The highest BCUT2D eigenvalue weighted by molar-refractivity contribution is 5.50. The molecule has 1 aliphatic heterocycles. The van der Waals surface area contributed by atoms with E-state index in [1.807, 2.05) is 6.07 Å². The summed E-state index contributed by atoms with van der Waals surface area (Å²) in [4.78, 5) is 2.21. The van der Waals surface area contributed by atoms with Crippen molar-refractivity contribution in [2.45, 2.75) is 64.5 Å². The van der Waals surface area contributed by atoms with Gasteiger partial charge in [0.25, 0.3) is 0 Å². The maximum absolute atomic E-state index is 14.6. The first-order valence-electron chi connectivity index (χ1n) is 8.94. The molecule has 3 heteroatoms. The van der Waals surface area contributed by atoms with Gasteiger partial charge in [-0.1, -0.05) is 25.8 Å². The van der Waals surface area contributed by atoms with Gasteiger partial charge in [-0.25, -0.2) is 4.39 Å². The molecule has 1 saturated carbocycles. The zero-order valence-electron chi connectivity index (χ0n) is 13.9. The van der Waals surface area contributed by atoms with E-state index in [-0.39, 0.29) is 11.9 Å². The molecule has 3 rings (SSSR count). The molecule has 1 saturated heterocycles. The number of halogens is 1. The van der Waals surface area contributed by atoms with Crippen LogP contribution < -0.4 is 10.2 Å². The first kappa shape index (κ1) is 15.8. The van der Waals surface area contributed by atoms with Crippen molar-refractivity contribution in [2.24, 2.45) is 5.92 Å². The van der Waals surface area contributed by atoms with Crippen LogP contribution >= 0.6 is 0 Å². The average Bonchev–Trinajstić information content (AvgIpc) is 3.00. The fourth-order valence-electron chi connectivity index (χ4n) is 4.00. The van der Waals surface area contributed by atoms with Crippen molar-refractivity contribution >= 4 is 5.69 Å². The first-order chi connectivity index (χ1) is 10.6. The van der Waals surface area contributed by atoms with E-state index in [9.17, 15) is 4.39 Å². The smallest absolute Gasteiger partial charge is 0.146 e. The lowest BCUT2D eigenvalue weighted by Gasteiger charge is -2.33. The van der Waals surface area contributed by atoms with Crippen molar-refractivity contribution in [1.82, 2.24) is 5.32 Å². The Morgan fingerprint density at radius 2 is 1.95 bits per heavy atom. The van der Waals surface area contributed by atoms with Crippen molar-refractivity contribution in [3.8, 4) is 0 Å². The molecule has 0 unspecified atom stereocenters. The molecule has 2 nitrogen and oxygen atoms in total. The monoisotopic (exact) mass is 304 g/mol. The maximum Gasteiger partial charge on any atom is 0.146 e. The molecule has 2 aliphatic rings. The lowest BCUT2D eigenvalue weighted by Crippen LogP contribution is -2.35. The Bertz CT molecular complexity index is 496. The molecular formula is C19H29FN2. The molecule has 1 heterocycles. The van der Waals surface area contributed by atoms with E-state index in [4.69, 9.17) is 0 Å². The Balaban J connectivity index is 1.68. The summed E-state index contributed by atoms with van der Waals surface area (Å²) < 4.78 is 14.6. The van der Waals surface area contributed by atoms with Crippen molar-refractivity contribution in [1.29, 1.82) is 0 Å². The standard InChI is InChI=1S/C19H29FN2/c1-14-6-5-11-22(13-14)19-10-9-16(12-18(19)20)15(2)21-17-7-3-4-8-17/h9-10,12,14-15,17,21H,3-8,11,13H2,1-2H3/t14-,15-/m0/s1. The number of rotatable bonds is 4. The first-order valence-corrected chi connectivity index (χ1v) is 8.94. The minimum atomic E-state index is -0.0633. The van der Waals surface area contributed by atoms with Gasteiger partial charge in [0.1, 0.15) is 5.82 Å². The number of anilines is 1. The third-order valence-corrected chi connectivity index (χ3v) is 5.31. The molecule has 122 valence electrons. The molecule has 0 bridgehead atoms. The highest BCUT2D eigenvalue weighted by Gasteiger charge is 2.21. The Morgan fingerprint density at radius 1 is 1.18 bits per heavy atom. The Hall–Kier alpha value is -1.09. The molecule has 22 heavy (non-hydrogen) atoms. The van der Waals surface area contributed by atoms with Crippen LogP contribution in [0.25, 0.3) is 0 Å². The number of piperidine rings is 1. The van der Waals surface area contributed by atoms with E-state index in [1.54, 1.807) is 6.07 Å². The van der Waals surface area contributed by atoms with E-state index >= 15 is 0 Å². The number of hydrogen-bond acceptors (Lipinski definition) is 2. The number of benzene rings is 1. The highest BCUT2D eigenvalue weighted by atomic mass is 19.1. The molecule has 1 N–H and O–H groups in total. The van der Waals surface area contributed by atoms with Gasteiger partial charge in [-0.15, -0.1) is 0 Å². The van der Waals surface area contributed by atoms with Crippen LogP contribution in [0.5, 0.6) is 0 Å². The fraction of sp³-hybridized carbons (Fsp3) is 0.684. The number of nitrogens with one attached hydrogen (secondary N) is 1. The normalized spacial score (nSPS) is 24.7. The van der Waals surface area contributed by atoms with Crippen LogP contribution in [0.4, 0.5) is 10.1 Å². The van der Waals surface area contributed by atoms with E-state index in [1.165, 1.54) is 38.5 Å². The molecule has 0 aromatic heterocycles. The summed E-state index contributed by atoms with van der Waals surface area (Å²) in [5.74, 6) is 0.599. The van der Waals surface area contributed by atoms with Gasteiger partial charge in [0.05, 0.1) is 5.69 Å². The zero-order chi connectivity index (χ0) is 15.5. The summed E-state index contributed by atoms with van der Waals surface area (Å²) in [6.07, 6.45) is 7.60. The van der Waals surface area contributed by atoms with E-state index in [0.717, 1.165) is 24.3 Å². The van der Waals surface area contributed by atoms with Crippen LogP contribution in [-0.4, -0.2) is 19.1 Å². The van der Waals surface area contributed by atoms with E-state index in [2.05, 4.69) is 30.1 Å².